The highest BCUT2D eigenvalue weighted by molar-refractivity contribution is 5.76. The van der Waals surface area contributed by atoms with Gasteiger partial charge in [0.15, 0.2) is 0 Å². The van der Waals surface area contributed by atoms with Crippen molar-refractivity contribution < 1.29 is 9.53 Å². The van der Waals surface area contributed by atoms with E-state index in [-0.39, 0.29) is 0 Å². The lowest BCUT2D eigenvalue weighted by Crippen LogP contribution is -2.12. The van der Waals surface area contributed by atoms with Crippen molar-refractivity contribution in [1.82, 2.24) is 0 Å². The zero-order chi connectivity index (χ0) is 7.98. The predicted molar refractivity (Wildman–Crippen MR) is 37.5 cm³/mol. The van der Waals surface area contributed by atoms with Crippen molar-refractivity contribution in [3.8, 4) is 24.9 Å². The Bertz CT molecular complexity index is 192. The predicted octanol–water partition coefficient (Wildman–Crippen LogP) is 0.780. The Morgan fingerprint density at radius 1 is 1.70 bits per heavy atom. The smallest absolute Gasteiger partial charge is 0.334 e. The second-order valence-electron chi connectivity index (χ2n) is 1.67. The summed E-state index contributed by atoms with van der Waals surface area (Å²) in [6.07, 6.45) is 12.0. The molecular formula is C8H8O2. The van der Waals surface area contributed by atoms with Crippen molar-refractivity contribution in [2.45, 2.75) is 13.3 Å². The minimum Gasteiger partial charge on any atom is -0.371 e. The van der Waals surface area contributed by atoms with E-state index in [9.17, 15) is 4.79 Å². The van der Waals surface area contributed by atoms with E-state index in [1.54, 1.807) is 13.0 Å². The summed E-state index contributed by atoms with van der Waals surface area (Å²) >= 11 is 0. The number of hydrogen-bond acceptors (Lipinski definition) is 2. The van der Waals surface area contributed by atoms with Gasteiger partial charge in [-0.1, -0.05) is 19.3 Å². The summed E-state index contributed by atoms with van der Waals surface area (Å²) in [5, 5.41) is 0. The van der Waals surface area contributed by atoms with Gasteiger partial charge in [0.1, 0.15) is 12.0 Å². The van der Waals surface area contributed by atoms with Crippen LogP contribution in [0.3, 0.4) is 0 Å². The number of rotatable bonds is 2. The maximum Gasteiger partial charge on any atom is 0.334 e. The number of terminal acetylenes is 2. The summed E-state index contributed by atoms with van der Waals surface area (Å²) in [5.74, 6) is 1.24. The lowest BCUT2D eigenvalue weighted by Gasteiger charge is -2.00. The molecule has 2 heteroatoms. The molecule has 52 valence electrons. The Kier molecular flexibility index (Phi) is 3.84. The third kappa shape index (κ3) is 2.24. The minimum atomic E-state index is -0.521. The second kappa shape index (κ2) is 4.47. The van der Waals surface area contributed by atoms with E-state index in [4.69, 9.17) is 12.8 Å². The van der Waals surface area contributed by atoms with Crippen LogP contribution in [0.15, 0.2) is 0 Å². The molecule has 0 heterocycles. The summed E-state index contributed by atoms with van der Waals surface area (Å²) in [6.45, 7) is 1.79. The molecule has 0 spiro atoms. The third-order valence-electron chi connectivity index (χ3n) is 1.05. The first-order valence-electron chi connectivity index (χ1n) is 2.88. The quantitative estimate of drug-likeness (QED) is 0.414. The van der Waals surface area contributed by atoms with Crippen molar-refractivity contribution in [3.05, 3.63) is 0 Å². The van der Waals surface area contributed by atoms with Crippen LogP contribution in [-0.4, -0.2) is 5.97 Å². The number of hydrogen-bond donors (Lipinski definition) is 0. The Labute approximate surface area is 60.6 Å². The fourth-order valence-electron chi connectivity index (χ4n) is 0.482. The highest BCUT2D eigenvalue weighted by Gasteiger charge is 2.13. The van der Waals surface area contributed by atoms with Crippen LogP contribution in [0.4, 0.5) is 0 Å². The minimum absolute atomic E-state index is 0.504. The topological polar surface area (TPSA) is 26.3 Å². The SMILES string of the molecule is C#COC(=O)C(C#C)CC. The van der Waals surface area contributed by atoms with E-state index in [1.165, 1.54) is 0 Å². The van der Waals surface area contributed by atoms with E-state index >= 15 is 0 Å². The van der Waals surface area contributed by atoms with E-state index in [0.29, 0.717) is 6.42 Å². The van der Waals surface area contributed by atoms with Gasteiger partial charge < -0.3 is 4.74 Å². The lowest BCUT2D eigenvalue weighted by molar-refractivity contribution is -0.139. The zero-order valence-electron chi connectivity index (χ0n) is 5.76. The van der Waals surface area contributed by atoms with Gasteiger partial charge in [-0.2, -0.15) is 0 Å². The van der Waals surface area contributed by atoms with Gasteiger partial charge in [0, 0.05) is 0 Å². The first-order chi connectivity index (χ1) is 4.76. The van der Waals surface area contributed by atoms with Crippen molar-refractivity contribution >= 4 is 5.97 Å². The molecule has 0 aliphatic rings. The number of esters is 1. The largest absolute Gasteiger partial charge is 0.371 e. The Balaban J connectivity index is 3.96. The van der Waals surface area contributed by atoms with Crippen LogP contribution in [0, 0.1) is 30.8 Å². The first kappa shape index (κ1) is 8.59. The van der Waals surface area contributed by atoms with Crippen LogP contribution in [-0.2, 0) is 9.53 Å². The molecule has 0 fully saturated rings. The highest BCUT2D eigenvalue weighted by atomic mass is 16.5. The van der Waals surface area contributed by atoms with Gasteiger partial charge in [-0.25, -0.2) is 4.79 Å². The molecule has 1 unspecified atom stereocenters. The molecule has 0 aliphatic carbocycles. The average Bonchev–Trinajstić information content (AvgIpc) is 1.91. The fourth-order valence-corrected chi connectivity index (χ4v) is 0.482. The van der Waals surface area contributed by atoms with E-state index in [2.05, 4.69) is 10.7 Å². The molecule has 0 saturated carbocycles. The molecule has 0 amide bonds. The van der Waals surface area contributed by atoms with Crippen LogP contribution in [0.5, 0.6) is 0 Å². The average molecular weight is 136 g/mol. The van der Waals surface area contributed by atoms with Crippen molar-refractivity contribution in [2.24, 2.45) is 5.92 Å². The Hall–Kier alpha value is -1.41. The van der Waals surface area contributed by atoms with Crippen molar-refractivity contribution in [1.29, 1.82) is 0 Å². The van der Waals surface area contributed by atoms with Crippen LogP contribution in [0.2, 0.25) is 0 Å². The molecule has 0 bridgehead atoms. The monoisotopic (exact) mass is 136 g/mol. The van der Waals surface area contributed by atoms with Crippen LogP contribution < -0.4 is 0 Å². The molecule has 2 nitrogen and oxygen atoms in total. The van der Waals surface area contributed by atoms with E-state index in [0.717, 1.165) is 0 Å². The molecular weight excluding hydrogens is 128 g/mol. The van der Waals surface area contributed by atoms with Gasteiger partial charge in [-0.05, 0) is 6.42 Å². The van der Waals surface area contributed by atoms with Gasteiger partial charge in [-0.15, -0.1) is 6.42 Å². The van der Waals surface area contributed by atoms with Gasteiger partial charge in [-0.3, -0.25) is 0 Å². The molecule has 0 aromatic rings. The van der Waals surface area contributed by atoms with E-state index < -0.39 is 11.9 Å². The fraction of sp³-hybridized carbons (Fsp3) is 0.375. The number of carbonyl (C=O) groups excluding carboxylic acids is 1. The number of ether oxygens (including phenoxy) is 1. The molecule has 0 aromatic heterocycles. The summed E-state index contributed by atoms with van der Waals surface area (Å²) in [5.41, 5.74) is 0. The van der Waals surface area contributed by atoms with Gasteiger partial charge in [0.25, 0.3) is 0 Å². The van der Waals surface area contributed by atoms with Gasteiger partial charge in [0.2, 0.25) is 0 Å². The molecule has 0 aromatic carbocycles. The summed E-state index contributed by atoms with van der Waals surface area (Å²) in [7, 11) is 0. The van der Waals surface area contributed by atoms with Crippen LogP contribution in [0.25, 0.3) is 0 Å². The third-order valence-corrected chi connectivity index (χ3v) is 1.05. The van der Waals surface area contributed by atoms with Crippen LogP contribution >= 0.6 is 0 Å². The van der Waals surface area contributed by atoms with Gasteiger partial charge in [0.05, 0.1) is 0 Å². The maximum absolute atomic E-state index is 10.7. The summed E-state index contributed by atoms with van der Waals surface area (Å²) < 4.78 is 4.23. The maximum atomic E-state index is 10.7. The standard InChI is InChI=1S/C8H8O2/c1-4-7(5-2)8(9)10-6-3/h1,3,7H,5H2,2H3. The molecule has 1 atom stereocenters. The van der Waals surface area contributed by atoms with Crippen molar-refractivity contribution in [2.75, 3.05) is 0 Å². The van der Waals surface area contributed by atoms with Crippen molar-refractivity contribution in [3.63, 3.8) is 0 Å². The Morgan fingerprint density at radius 2 is 2.30 bits per heavy atom. The molecule has 0 aliphatic heterocycles. The molecule has 0 saturated heterocycles. The molecule has 10 heavy (non-hydrogen) atoms. The zero-order valence-corrected chi connectivity index (χ0v) is 5.76. The first-order valence-corrected chi connectivity index (χ1v) is 2.88. The molecule has 0 rings (SSSR count). The normalized spacial score (nSPS) is 10.7. The van der Waals surface area contributed by atoms with E-state index in [1.807, 2.05) is 0 Å². The summed E-state index contributed by atoms with van der Waals surface area (Å²) in [4.78, 5) is 10.7. The van der Waals surface area contributed by atoms with Gasteiger partial charge >= 0.3 is 5.97 Å². The molecule has 0 radical (unpaired) electrons. The molecule has 0 N–H and O–H groups in total. The highest BCUT2D eigenvalue weighted by Crippen LogP contribution is 2.01. The summed E-state index contributed by atoms with van der Waals surface area (Å²) in [6, 6.07) is 0. The second-order valence-corrected chi connectivity index (χ2v) is 1.67. The van der Waals surface area contributed by atoms with Crippen LogP contribution in [0.1, 0.15) is 13.3 Å². The Morgan fingerprint density at radius 3 is 2.60 bits per heavy atom. The number of carbonyl (C=O) groups is 1. The lowest BCUT2D eigenvalue weighted by atomic mass is 10.1.